The van der Waals surface area contributed by atoms with Gasteiger partial charge < -0.3 is 8.84 Å². The summed E-state index contributed by atoms with van der Waals surface area (Å²) < 4.78 is 41.3. The molecule has 0 aliphatic heterocycles. The molecule has 3 aromatic heterocycles. The number of hydrogen-bond donors (Lipinski definition) is 0. The van der Waals surface area contributed by atoms with E-state index in [1.165, 1.54) is 18.2 Å². The third kappa shape index (κ3) is 4.34. The van der Waals surface area contributed by atoms with Crippen LogP contribution in [0.5, 0.6) is 0 Å². The first-order valence-electron chi connectivity index (χ1n) is 13.8. The minimum absolute atomic E-state index is 0.0412. The average Bonchev–Trinajstić information content (AvgIpc) is 3.56. The van der Waals surface area contributed by atoms with Crippen LogP contribution >= 0.6 is 0 Å². The molecule has 0 amide bonds. The van der Waals surface area contributed by atoms with Gasteiger partial charge in [0.1, 0.15) is 29.3 Å². The summed E-state index contributed by atoms with van der Waals surface area (Å²) >= 11 is 0. The van der Waals surface area contributed by atoms with Crippen LogP contribution in [0.2, 0.25) is 5.04 Å². The van der Waals surface area contributed by atoms with E-state index in [1.807, 2.05) is 13.8 Å². The zero-order valence-corrected chi connectivity index (χ0v) is 25.3. The predicted octanol–water partition coefficient (Wildman–Crippen LogP) is 7.16. The van der Waals surface area contributed by atoms with Crippen LogP contribution in [0.4, 0.5) is 8.78 Å². The fourth-order valence-electron chi connectivity index (χ4n) is 6.43. The topological polar surface area (TPSA) is 86.8 Å². The molecule has 0 unspecified atom stereocenters. The molecule has 1 saturated carbocycles. The number of oxazole rings is 1. The lowest BCUT2D eigenvalue weighted by molar-refractivity contribution is 0.104. The van der Waals surface area contributed by atoms with E-state index in [4.69, 9.17) is 18.8 Å². The predicted molar refractivity (Wildman–Crippen MR) is 151 cm³/mol. The first kappa shape index (κ1) is 27.8. The maximum absolute atomic E-state index is 14.6. The van der Waals surface area contributed by atoms with E-state index in [9.17, 15) is 8.78 Å². The van der Waals surface area contributed by atoms with Crippen LogP contribution in [0.25, 0.3) is 22.8 Å². The highest BCUT2D eigenvalue weighted by Crippen LogP contribution is 2.69. The van der Waals surface area contributed by atoms with Gasteiger partial charge >= 0.3 is 0 Å². The number of halogens is 2. The third-order valence-electron chi connectivity index (χ3n) is 8.63. The molecule has 2 aliphatic rings. The Labute approximate surface area is 241 Å². The molecule has 2 radical (unpaired) electrons. The van der Waals surface area contributed by atoms with Crippen LogP contribution in [0.3, 0.4) is 0 Å². The van der Waals surface area contributed by atoms with E-state index in [2.05, 4.69) is 49.8 Å². The Balaban J connectivity index is 1.39. The summed E-state index contributed by atoms with van der Waals surface area (Å²) in [5.74, 6) is -0.828. The van der Waals surface area contributed by atoms with E-state index >= 15 is 0 Å². The van der Waals surface area contributed by atoms with Crippen LogP contribution in [0, 0.1) is 17.0 Å². The molecule has 212 valence electrons. The minimum atomic E-state index is -0.660. The van der Waals surface area contributed by atoms with Crippen molar-refractivity contribution in [3.05, 3.63) is 77.2 Å². The van der Waals surface area contributed by atoms with Crippen molar-refractivity contribution >= 4 is 9.76 Å². The summed E-state index contributed by atoms with van der Waals surface area (Å²) in [5, 5.41) is 8.98. The van der Waals surface area contributed by atoms with Crippen molar-refractivity contribution in [3.8, 4) is 22.8 Å². The average molecular weight is 574 g/mol. The van der Waals surface area contributed by atoms with Crippen LogP contribution in [-0.2, 0) is 15.4 Å². The van der Waals surface area contributed by atoms with Crippen LogP contribution in [0.1, 0.15) is 89.9 Å². The lowest BCUT2D eigenvalue weighted by Crippen LogP contribution is -2.38. The Kier molecular flexibility index (Phi) is 6.31. The molecule has 7 nitrogen and oxygen atoms in total. The highest BCUT2D eigenvalue weighted by molar-refractivity contribution is 6.31. The van der Waals surface area contributed by atoms with Crippen LogP contribution in [-0.4, -0.2) is 34.9 Å². The van der Waals surface area contributed by atoms with Gasteiger partial charge in [-0.1, -0.05) is 40.7 Å². The first-order valence-corrected chi connectivity index (χ1v) is 14.7. The molecule has 2 bridgehead atoms. The smallest absolute Gasteiger partial charge is 0.247 e. The Bertz CT molecular complexity index is 1630. The van der Waals surface area contributed by atoms with Gasteiger partial charge in [-0.05, 0) is 66.8 Å². The van der Waals surface area contributed by atoms with Crippen LogP contribution < -0.4 is 0 Å². The summed E-state index contributed by atoms with van der Waals surface area (Å²) in [5.41, 5.74) is 2.25. The van der Waals surface area contributed by atoms with Gasteiger partial charge in [-0.3, -0.25) is 4.98 Å². The lowest BCUT2D eigenvalue weighted by atomic mass is 9.66. The molecule has 3 heterocycles. The molecule has 2 atom stereocenters. The van der Waals surface area contributed by atoms with Crippen molar-refractivity contribution in [2.75, 3.05) is 0 Å². The molecule has 0 spiro atoms. The van der Waals surface area contributed by atoms with Gasteiger partial charge in [0.15, 0.2) is 0 Å². The molecule has 0 N–H and O–H groups in total. The number of benzene rings is 1. The second kappa shape index (κ2) is 9.32. The number of hydrogen-bond acceptors (Lipinski definition) is 7. The van der Waals surface area contributed by atoms with Crippen molar-refractivity contribution in [2.45, 2.75) is 83.3 Å². The monoisotopic (exact) mass is 573 g/mol. The zero-order chi connectivity index (χ0) is 29.4. The second-order valence-electron chi connectivity index (χ2n) is 13.1. The molecule has 6 rings (SSSR count). The molecule has 0 saturated heterocycles. The fraction of sp³-hybridized carbons (Fsp3) is 0.452. The van der Waals surface area contributed by atoms with Crippen molar-refractivity contribution in [3.63, 3.8) is 0 Å². The van der Waals surface area contributed by atoms with Gasteiger partial charge in [0.2, 0.25) is 15.7 Å². The number of rotatable bonds is 6. The van der Waals surface area contributed by atoms with Crippen LogP contribution in [0.15, 0.2) is 47.3 Å². The van der Waals surface area contributed by atoms with E-state index in [-0.39, 0.29) is 27.6 Å². The van der Waals surface area contributed by atoms with Gasteiger partial charge in [0, 0.05) is 6.20 Å². The zero-order valence-electron chi connectivity index (χ0n) is 24.3. The Morgan fingerprint density at radius 2 is 1.73 bits per heavy atom. The van der Waals surface area contributed by atoms with E-state index in [0.29, 0.717) is 27.0 Å². The molecule has 1 fully saturated rings. The Morgan fingerprint density at radius 3 is 2.44 bits per heavy atom. The van der Waals surface area contributed by atoms with Gasteiger partial charge in [-0.2, -0.15) is 5.10 Å². The molecule has 41 heavy (non-hydrogen) atoms. The quantitative estimate of drug-likeness (QED) is 0.226. The standard InChI is InChI=1S/C31H33F2N5O2Si/c1-28(2,3)41-40-30(6,7)24-16-39-27(36-24)22-14-34-15-23(35-22)31-12-11-18(29(31,4)5)17-13-21(37-38-26(17)31)25-19(32)9-8-10-20(25)33/h8-10,13-16,18H,11-12H2,1-7H3/t18-,31+/m0/s1. The molecular weight excluding hydrogens is 540 g/mol. The molecule has 10 heteroatoms. The van der Waals surface area contributed by atoms with E-state index in [0.717, 1.165) is 29.8 Å². The van der Waals surface area contributed by atoms with Crippen molar-refractivity contribution in [1.29, 1.82) is 0 Å². The molecular formula is C31H33F2N5O2Si. The SMILES string of the molecule is CC(C)(C)[Si]OC(C)(C)c1coc(-c2cncc([C@]34CC[C@@H](c5cc(-c6c(F)cccc6F)nnc53)C4(C)C)n2)n1. The number of fused-ring (bicyclic) bond motifs is 5. The second-order valence-corrected chi connectivity index (χ2v) is 15.0. The van der Waals surface area contributed by atoms with E-state index < -0.39 is 22.7 Å². The van der Waals surface area contributed by atoms with Gasteiger partial charge in [0.25, 0.3) is 0 Å². The fourth-order valence-corrected chi connectivity index (χ4v) is 7.10. The minimum Gasteiger partial charge on any atom is -0.443 e. The molecule has 1 aromatic carbocycles. The van der Waals surface area contributed by atoms with Gasteiger partial charge in [-0.25, -0.2) is 18.7 Å². The largest absolute Gasteiger partial charge is 0.443 e. The summed E-state index contributed by atoms with van der Waals surface area (Å²) in [6.45, 7) is 14.8. The van der Waals surface area contributed by atoms with E-state index in [1.54, 1.807) is 24.7 Å². The van der Waals surface area contributed by atoms with Gasteiger partial charge in [0.05, 0.1) is 39.9 Å². The first-order chi connectivity index (χ1) is 19.2. The molecule has 4 aromatic rings. The number of nitrogens with zero attached hydrogens (tertiary/aromatic N) is 5. The lowest BCUT2D eigenvalue weighted by Gasteiger charge is -2.37. The summed E-state index contributed by atoms with van der Waals surface area (Å²) in [7, 11) is 0.296. The van der Waals surface area contributed by atoms with Gasteiger partial charge in [-0.15, -0.1) is 5.10 Å². The summed E-state index contributed by atoms with van der Waals surface area (Å²) in [6.07, 6.45) is 6.73. The van der Waals surface area contributed by atoms with Crippen molar-refractivity contribution < 1.29 is 17.6 Å². The van der Waals surface area contributed by atoms with Crippen molar-refractivity contribution in [1.82, 2.24) is 25.1 Å². The third-order valence-corrected chi connectivity index (χ3v) is 9.85. The maximum Gasteiger partial charge on any atom is 0.247 e. The maximum atomic E-state index is 14.6. The summed E-state index contributed by atoms with van der Waals surface area (Å²) in [4.78, 5) is 14.3. The van der Waals surface area contributed by atoms with Crippen molar-refractivity contribution in [2.24, 2.45) is 5.41 Å². The Morgan fingerprint density at radius 1 is 1.00 bits per heavy atom. The highest BCUT2D eigenvalue weighted by Gasteiger charge is 2.65. The normalized spacial score (nSPS) is 21.3. The Hall–Kier alpha value is -3.37. The highest BCUT2D eigenvalue weighted by atomic mass is 28.2. The molecule has 2 aliphatic carbocycles. The number of aromatic nitrogens is 5. The summed E-state index contributed by atoms with van der Waals surface area (Å²) in [6, 6.07) is 5.61.